The predicted octanol–water partition coefficient (Wildman–Crippen LogP) is 2.59. The first-order valence-electron chi connectivity index (χ1n) is 6.40. The number of hydrogen-bond acceptors (Lipinski definition) is 2. The lowest BCUT2D eigenvalue weighted by atomic mass is 9.52. The van der Waals surface area contributed by atoms with Gasteiger partial charge in [0.15, 0.2) is 0 Å². The van der Waals surface area contributed by atoms with Crippen molar-refractivity contribution in [2.45, 2.75) is 52.6 Å². The highest BCUT2D eigenvalue weighted by atomic mass is 16.4. The van der Waals surface area contributed by atoms with Gasteiger partial charge in [-0.3, -0.25) is 0 Å². The average Bonchev–Trinajstić information content (AvgIpc) is 2.19. The summed E-state index contributed by atoms with van der Waals surface area (Å²) in [6.45, 7) is 6.62. The molecule has 0 spiro atoms. The van der Waals surface area contributed by atoms with Crippen LogP contribution in [0.3, 0.4) is 0 Å². The Bertz CT molecular complexity index is 370. The van der Waals surface area contributed by atoms with Gasteiger partial charge >= 0.3 is 5.97 Å². The summed E-state index contributed by atoms with van der Waals surface area (Å²) in [4.78, 5) is 11.1. The summed E-state index contributed by atoms with van der Waals surface area (Å²) in [6.07, 6.45) is 4.94. The molecule has 0 aromatic heterocycles. The molecule has 0 aromatic carbocycles. The topological polar surface area (TPSA) is 57.5 Å². The Kier molecular flexibility index (Phi) is 2.85. The van der Waals surface area contributed by atoms with E-state index in [9.17, 15) is 9.90 Å². The van der Waals surface area contributed by atoms with E-state index < -0.39 is 12.1 Å². The molecule has 17 heavy (non-hydrogen) atoms. The van der Waals surface area contributed by atoms with Crippen molar-refractivity contribution < 1.29 is 15.0 Å². The van der Waals surface area contributed by atoms with Crippen LogP contribution in [-0.2, 0) is 4.79 Å². The number of carboxylic acids is 1. The molecule has 3 heteroatoms. The first-order chi connectivity index (χ1) is 7.76. The van der Waals surface area contributed by atoms with Gasteiger partial charge in [-0.05, 0) is 36.0 Å². The van der Waals surface area contributed by atoms with Gasteiger partial charge in [0.25, 0.3) is 0 Å². The SMILES string of the molecule is CC1(C)CCC[C@@]2(C)C=C(C(=O)O)[C@H](O)C[C@@H]12. The van der Waals surface area contributed by atoms with Gasteiger partial charge < -0.3 is 10.2 Å². The van der Waals surface area contributed by atoms with Crippen molar-refractivity contribution in [3.05, 3.63) is 11.6 Å². The van der Waals surface area contributed by atoms with Gasteiger partial charge in [0.2, 0.25) is 0 Å². The highest BCUT2D eigenvalue weighted by molar-refractivity contribution is 5.88. The maximum atomic E-state index is 11.1. The van der Waals surface area contributed by atoms with E-state index in [4.69, 9.17) is 5.11 Å². The molecular weight excluding hydrogens is 216 g/mol. The number of rotatable bonds is 1. The number of carbonyl (C=O) groups is 1. The molecule has 0 bridgehead atoms. The molecular formula is C14H22O3. The van der Waals surface area contributed by atoms with Crippen LogP contribution in [0.2, 0.25) is 0 Å². The Hall–Kier alpha value is -0.830. The van der Waals surface area contributed by atoms with Crippen LogP contribution in [0.25, 0.3) is 0 Å². The van der Waals surface area contributed by atoms with Crippen LogP contribution in [0.1, 0.15) is 46.5 Å². The average molecular weight is 238 g/mol. The smallest absolute Gasteiger partial charge is 0.333 e. The summed E-state index contributed by atoms with van der Waals surface area (Å²) in [7, 11) is 0. The van der Waals surface area contributed by atoms with Crippen molar-refractivity contribution in [3.8, 4) is 0 Å². The van der Waals surface area contributed by atoms with Crippen LogP contribution in [0, 0.1) is 16.7 Å². The molecule has 3 nitrogen and oxygen atoms in total. The molecule has 1 saturated carbocycles. The summed E-state index contributed by atoms with van der Waals surface area (Å²) >= 11 is 0. The Balaban J connectivity index is 2.41. The van der Waals surface area contributed by atoms with Crippen LogP contribution in [0.15, 0.2) is 11.6 Å². The lowest BCUT2D eigenvalue weighted by molar-refractivity contribution is -0.135. The fraction of sp³-hybridized carbons (Fsp3) is 0.786. The molecule has 2 aliphatic carbocycles. The zero-order valence-electron chi connectivity index (χ0n) is 10.9. The monoisotopic (exact) mass is 238 g/mol. The summed E-state index contributed by atoms with van der Waals surface area (Å²) in [6, 6.07) is 0. The molecule has 2 aliphatic rings. The third kappa shape index (κ3) is 2.01. The highest BCUT2D eigenvalue weighted by Gasteiger charge is 2.49. The van der Waals surface area contributed by atoms with Crippen LogP contribution in [0.5, 0.6) is 0 Å². The minimum absolute atomic E-state index is 0.0608. The molecule has 96 valence electrons. The van der Waals surface area contributed by atoms with Crippen LogP contribution in [-0.4, -0.2) is 22.3 Å². The van der Waals surface area contributed by atoms with E-state index in [0.717, 1.165) is 19.3 Å². The second kappa shape index (κ2) is 3.84. The largest absolute Gasteiger partial charge is 0.478 e. The van der Waals surface area contributed by atoms with Crippen molar-refractivity contribution in [2.75, 3.05) is 0 Å². The van der Waals surface area contributed by atoms with E-state index in [1.807, 2.05) is 6.08 Å². The Morgan fingerprint density at radius 3 is 2.59 bits per heavy atom. The van der Waals surface area contributed by atoms with E-state index >= 15 is 0 Å². The fourth-order valence-corrected chi connectivity index (χ4v) is 3.93. The predicted molar refractivity (Wildman–Crippen MR) is 65.6 cm³/mol. The second-order valence-corrected chi connectivity index (χ2v) is 6.56. The number of carboxylic acid groups (broad SMARTS) is 1. The third-order valence-electron chi connectivity index (χ3n) is 4.83. The molecule has 0 unspecified atom stereocenters. The molecule has 0 heterocycles. The summed E-state index contributed by atoms with van der Waals surface area (Å²) in [5.74, 6) is -0.595. The molecule has 0 amide bonds. The van der Waals surface area contributed by atoms with Gasteiger partial charge in [0, 0.05) is 0 Å². The fourth-order valence-electron chi connectivity index (χ4n) is 3.93. The molecule has 2 N–H and O–H groups in total. The van der Waals surface area contributed by atoms with Gasteiger partial charge in [-0.2, -0.15) is 0 Å². The minimum atomic E-state index is -0.972. The van der Waals surface area contributed by atoms with Gasteiger partial charge in [-0.15, -0.1) is 0 Å². The molecule has 0 radical (unpaired) electrons. The van der Waals surface area contributed by atoms with Gasteiger partial charge in [-0.25, -0.2) is 4.79 Å². The lowest BCUT2D eigenvalue weighted by Gasteiger charge is -2.52. The standard InChI is InChI=1S/C14H22O3/c1-13(2)5-4-6-14(3)8-9(12(16)17)10(15)7-11(13)14/h8,10-11,15H,4-7H2,1-3H3,(H,16,17)/t10-,11+,14+/m1/s1. The zero-order valence-corrected chi connectivity index (χ0v) is 10.9. The maximum absolute atomic E-state index is 11.1. The van der Waals surface area contributed by atoms with Crippen molar-refractivity contribution in [1.29, 1.82) is 0 Å². The molecule has 0 aliphatic heterocycles. The van der Waals surface area contributed by atoms with E-state index in [2.05, 4.69) is 20.8 Å². The van der Waals surface area contributed by atoms with E-state index in [1.165, 1.54) is 0 Å². The van der Waals surface area contributed by atoms with E-state index in [1.54, 1.807) is 0 Å². The molecule has 0 aromatic rings. The lowest BCUT2D eigenvalue weighted by Crippen LogP contribution is -2.46. The van der Waals surface area contributed by atoms with E-state index in [-0.39, 0.29) is 16.4 Å². The molecule has 2 rings (SSSR count). The maximum Gasteiger partial charge on any atom is 0.333 e. The van der Waals surface area contributed by atoms with E-state index in [0.29, 0.717) is 12.3 Å². The number of allylic oxidation sites excluding steroid dienone is 1. The Morgan fingerprint density at radius 1 is 1.35 bits per heavy atom. The highest BCUT2D eigenvalue weighted by Crippen LogP contribution is 2.56. The number of aliphatic carboxylic acids is 1. The summed E-state index contributed by atoms with van der Waals surface area (Å²) in [5.41, 5.74) is 0.324. The summed E-state index contributed by atoms with van der Waals surface area (Å²) < 4.78 is 0. The van der Waals surface area contributed by atoms with Gasteiger partial charge in [0.05, 0.1) is 11.7 Å². The molecule has 0 saturated heterocycles. The van der Waals surface area contributed by atoms with Crippen LogP contribution < -0.4 is 0 Å². The second-order valence-electron chi connectivity index (χ2n) is 6.56. The number of aliphatic hydroxyl groups is 1. The summed E-state index contributed by atoms with van der Waals surface area (Å²) in [5, 5.41) is 19.1. The Labute approximate surface area is 103 Å². The molecule has 3 atom stereocenters. The zero-order chi connectivity index (χ0) is 12.8. The minimum Gasteiger partial charge on any atom is -0.478 e. The molecule has 1 fully saturated rings. The first-order valence-corrected chi connectivity index (χ1v) is 6.40. The van der Waals surface area contributed by atoms with Crippen molar-refractivity contribution in [3.63, 3.8) is 0 Å². The normalized spacial score (nSPS) is 40.4. The first kappa shape index (κ1) is 12.6. The number of aliphatic hydroxyl groups excluding tert-OH is 1. The van der Waals surface area contributed by atoms with Gasteiger partial charge in [-0.1, -0.05) is 33.3 Å². The van der Waals surface area contributed by atoms with Crippen LogP contribution in [0.4, 0.5) is 0 Å². The van der Waals surface area contributed by atoms with Crippen LogP contribution >= 0.6 is 0 Å². The third-order valence-corrected chi connectivity index (χ3v) is 4.83. The number of hydrogen-bond donors (Lipinski definition) is 2. The van der Waals surface area contributed by atoms with Gasteiger partial charge in [0.1, 0.15) is 0 Å². The quantitative estimate of drug-likeness (QED) is 0.738. The van der Waals surface area contributed by atoms with Crippen molar-refractivity contribution in [1.82, 2.24) is 0 Å². The Morgan fingerprint density at radius 2 is 2.00 bits per heavy atom. The van der Waals surface area contributed by atoms with Crippen molar-refractivity contribution >= 4 is 5.97 Å². The number of fused-ring (bicyclic) bond motifs is 1. The van der Waals surface area contributed by atoms with Crippen molar-refractivity contribution in [2.24, 2.45) is 16.7 Å².